The Morgan fingerprint density at radius 2 is 1.90 bits per heavy atom. The topological polar surface area (TPSA) is 132 Å². The number of nitrogens with zero attached hydrogens (tertiary/aromatic N) is 1. The summed E-state index contributed by atoms with van der Waals surface area (Å²) in [5, 5.41) is 11.0. The number of benzene rings is 1. The monoisotopic (exact) mass is 301 g/mol. The molecule has 0 aliphatic rings. The van der Waals surface area contributed by atoms with Gasteiger partial charge in [0.2, 0.25) is 15.9 Å². The van der Waals surface area contributed by atoms with Crippen LogP contribution >= 0.6 is 0 Å². The summed E-state index contributed by atoms with van der Waals surface area (Å²) >= 11 is 0. The molecule has 8 nitrogen and oxygen atoms in total. The van der Waals surface area contributed by atoms with Crippen LogP contribution in [0.15, 0.2) is 11.0 Å². The normalized spacial score (nSPS) is 11.3. The number of hydrogen-bond donors (Lipinski definition) is 2. The first kappa shape index (κ1) is 16.1. The Balaban J connectivity index is 3.49. The van der Waals surface area contributed by atoms with E-state index in [0.717, 1.165) is 0 Å². The number of amides is 1. The van der Waals surface area contributed by atoms with Crippen molar-refractivity contribution in [2.75, 3.05) is 6.54 Å². The third-order valence-electron chi connectivity index (χ3n) is 2.75. The molecule has 0 heterocycles. The van der Waals surface area contributed by atoms with Gasteiger partial charge in [0.05, 0.1) is 16.4 Å². The van der Waals surface area contributed by atoms with Crippen molar-refractivity contribution in [2.24, 2.45) is 5.73 Å². The highest BCUT2D eigenvalue weighted by atomic mass is 32.2. The van der Waals surface area contributed by atoms with E-state index in [1.54, 1.807) is 0 Å². The summed E-state index contributed by atoms with van der Waals surface area (Å²) < 4.78 is 26.3. The molecule has 0 fully saturated rings. The van der Waals surface area contributed by atoms with E-state index in [0.29, 0.717) is 11.1 Å². The lowest BCUT2D eigenvalue weighted by Crippen LogP contribution is -2.34. The fourth-order valence-corrected chi connectivity index (χ4v) is 3.55. The van der Waals surface area contributed by atoms with Crippen LogP contribution in [0.3, 0.4) is 0 Å². The molecule has 0 aliphatic heterocycles. The van der Waals surface area contributed by atoms with Gasteiger partial charge in [-0.25, -0.2) is 13.1 Å². The predicted octanol–water partition coefficient (Wildman–Crippen LogP) is 0.284. The first-order chi connectivity index (χ1) is 9.08. The van der Waals surface area contributed by atoms with E-state index in [1.807, 2.05) is 4.72 Å². The number of nitrogens with one attached hydrogen (secondary N) is 1. The van der Waals surface area contributed by atoms with Crippen LogP contribution < -0.4 is 10.5 Å². The van der Waals surface area contributed by atoms with E-state index in [-0.39, 0.29) is 16.1 Å². The highest BCUT2D eigenvalue weighted by Crippen LogP contribution is 2.31. The van der Waals surface area contributed by atoms with E-state index in [4.69, 9.17) is 5.73 Å². The van der Waals surface area contributed by atoms with Gasteiger partial charge < -0.3 is 5.73 Å². The lowest BCUT2D eigenvalue weighted by Gasteiger charge is -2.13. The number of carbonyl (C=O) groups excluding carboxylic acids is 1. The molecule has 1 rings (SSSR count). The van der Waals surface area contributed by atoms with Crippen molar-refractivity contribution in [2.45, 2.75) is 25.7 Å². The number of aryl methyl sites for hydroxylation is 2. The van der Waals surface area contributed by atoms with Crippen molar-refractivity contribution < 1.29 is 18.1 Å². The molecule has 1 aromatic carbocycles. The standard InChI is InChI=1S/C11H15N3O5S/c1-6-4-7(2)11(8(3)10(6)14(16)17)20(18,19)13-5-9(12)15/h4,13H,5H2,1-3H3,(H2,12,15). The molecule has 110 valence electrons. The molecule has 0 unspecified atom stereocenters. The summed E-state index contributed by atoms with van der Waals surface area (Å²) in [6.07, 6.45) is 0. The Morgan fingerprint density at radius 3 is 2.35 bits per heavy atom. The number of rotatable bonds is 5. The van der Waals surface area contributed by atoms with Crippen molar-refractivity contribution in [3.8, 4) is 0 Å². The van der Waals surface area contributed by atoms with Crippen LogP contribution in [0, 0.1) is 30.9 Å². The van der Waals surface area contributed by atoms with Crippen molar-refractivity contribution >= 4 is 21.6 Å². The zero-order valence-electron chi connectivity index (χ0n) is 11.3. The summed E-state index contributed by atoms with van der Waals surface area (Å²) in [5.74, 6) is -0.842. The SMILES string of the molecule is Cc1cc(C)c(S(=O)(=O)NCC(N)=O)c(C)c1[N+](=O)[O-]. The summed E-state index contributed by atoms with van der Waals surface area (Å²) in [7, 11) is -4.04. The van der Waals surface area contributed by atoms with E-state index >= 15 is 0 Å². The Bertz CT molecular complexity index is 682. The highest BCUT2D eigenvalue weighted by molar-refractivity contribution is 7.89. The minimum Gasteiger partial charge on any atom is -0.369 e. The van der Waals surface area contributed by atoms with E-state index < -0.39 is 27.4 Å². The second-order valence-corrected chi connectivity index (χ2v) is 6.06. The Morgan fingerprint density at radius 1 is 1.35 bits per heavy atom. The van der Waals surface area contributed by atoms with Crippen LogP contribution in [0.1, 0.15) is 16.7 Å². The molecule has 1 aromatic rings. The quantitative estimate of drug-likeness (QED) is 0.595. The van der Waals surface area contributed by atoms with Crippen molar-refractivity contribution in [1.29, 1.82) is 0 Å². The Kier molecular flexibility index (Phi) is 4.46. The van der Waals surface area contributed by atoms with E-state index in [2.05, 4.69) is 0 Å². The smallest absolute Gasteiger partial charge is 0.276 e. The van der Waals surface area contributed by atoms with Gasteiger partial charge in [-0.1, -0.05) is 0 Å². The molecule has 3 N–H and O–H groups in total. The summed E-state index contributed by atoms with van der Waals surface area (Å²) in [6.45, 7) is 3.85. The lowest BCUT2D eigenvalue weighted by atomic mass is 10.1. The maximum atomic E-state index is 12.1. The third-order valence-corrected chi connectivity index (χ3v) is 4.44. The van der Waals surface area contributed by atoms with Gasteiger partial charge in [-0.05, 0) is 32.4 Å². The van der Waals surface area contributed by atoms with Gasteiger partial charge >= 0.3 is 0 Å². The molecule has 0 bridgehead atoms. The Labute approximate surface area is 116 Å². The zero-order chi connectivity index (χ0) is 15.7. The van der Waals surface area contributed by atoms with Crippen LogP contribution in [-0.2, 0) is 14.8 Å². The minimum absolute atomic E-state index is 0.0319. The van der Waals surface area contributed by atoms with Gasteiger partial charge in [0.1, 0.15) is 0 Å². The summed E-state index contributed by atoms with van der Waals surface area (Å²) in [6, 6.07) is 1.42. The van der Waals surface area contributed by atoms with Gasteiger partial charge in [-0.15, -0.1) is 0 Å². The minimum atomic E-state index is -4.04. The molecular weight excluding hydrogens is 286 g/mol. The molecule has 0 radical (unpaired) electrons. The van der Waals surface area contributed by atoms with Crippen LogP contribution in [0.2, 0.25) is 0 Å². The van der Waals surface area contributed by atoms with Gasteiger partial charge in [-0.2, -0.15) is 0 Å². The average molecular weight is 301 g/mol. The van der Waals surface area contributed by atoms with Gasteiger partial charge in [-0.3, -0.25) is 14.9 Å². The molecule has 9 heteroatoms. The molecular formula is C11H15N3O5S. The van der Waals surface area contributed by atoms with Crippen LogP contribution in [0.25, 0.3) is 0 Å². The maximum absolute atomic E-state index is 12.1. The summed E-state index contributed by atoms with van der Waals surface area (Å²) in [5.41, 5.74) is 5.40. The zero-order valence-corrected chi connectivity index (χ0v) is 12.1. The average Bonchev–Trinajstić information content (AvgIpc) is 2.24. The van der Waals surface area contributed by atoms with Gasteiger partial charge in [0.15, 0.2) is 0 Å². The molecule has 0 spiro atoms. The molecule has 1 amide bonds. The predicted molar refractivity (Wildman–Crippen MR) is 71.7 cm³/mol. The summed E-state index contributed by atoms with van der Waals surface area (Å²) in [4.78, 5) is 20.9. The second kappa shape index (κ2) is 5.55. The fourth-order valence-electron chi connectivity index (χ4n) is 2.09. The van der Waals surface area contributed by atoms with Crippen LogP contribution in [0.4, 0.5) is 5.69 Å². The molecule has 20 heavy (non-hydrogen) atoms. The highest BCUT2D eigenvalue weighted by Gasteiger charge is 2.27. The van der Waals surface area contributed by atoms with Gasteiger partial charge in [0, 0.05) is 11.1 Å². The van der Waals surface area contributed by atoms with Crippen LogP contribution in [0.5, 0.6) is 0 Å². The molecule has 0 atom stereocenters. The number of carbonyl (C=O) groups is 1. The largest absolute Gasteiger partial charge is 0.369 e. The Hall–Kier alpha value is -2.00. The first-order valence-corrected chi connectivity index (χ1v) is 7.09. The maximum Gasteiger partial charge on any atom is 0.276 e. The first-order valence-electron chi connectivity index (χ1n) is 5.61. The van der Waals surface area contributed by atoms with Crippen LogP contribution in [-0.4, -0.2) is 25.8 Å². The number of nitro benzene ring substituents is 1. The molecule has 0 aromatic heterocycles. The van der Waals surface area contributed by atoms with Crippen molar-refractivity contribution in [3.63, 3.8) is 0 Å². The number of sulfonamides is 1. The van der Waals surface area contributed by atoms with E-state index in [9.17, 15) is 23.3 Å². The van der Waals surface area contributed by atoms with E-state index in [1.165, 1.54) is 26.8 Å². The molecule has 0 saturated heterocycles. The number of nitrogens with two attached hydrogens (primary N) is 1. The van der Waals surface area contributed by atoms with Crippen molar-refractivity contribution in [1.82, 2.24) is 4.72 Å². The second-order valence-electron chi connectivity index (χ2n) is 4.36. The lowest BCUT2D eigenvalue weighted by molar-refractivity contribution is -0.386. The third kappa shape index (κ3) is 3.11. The van der Waals surface area contributed by atoms with Gasteiger partial charge in [0.25, 0.3) is 5.69 Å². The van der Waals surface area contributed by atoms with Crippen molar-refractivity contribution in [3.05, 3.63) is 32.9 Å². The fraction of sp³-hybridized carbons (Fsp3) is 0.364. The molecule has 0 saturated carbocycles. The number of primary amides is 1. The number of nitro groups is 1. The number of hydrogen-bond acceptors (Lipinski definition) is 5. The molecule has 0 aliphatic carbocycles.